The molecule has 3 nitrogen and oxygen atoms in total. The largest absolute Gasteiger partial charge is 0.508 e. The molecule has 32 heavy (non-hydrogen) atoms. The Morgan fingerprint density at radius 2 is 1.06 bits per heavy atom. The number of carbonyl (C=O) groups is 1. The molecule has 2 rings (SSSR count). The first-order valence-electron chi connectivity index (χ1n) is 12.6. The summed E-state index contributed by atoms with van der Waals surface area (Å²) in [7, 11) is 0. The quantitative estimate of drug-likeness (QED) is 0.261. The molecule has 0 aliphatic heterocycles. The molecule has 0 spiro atoms. The van der Waals surface area contributed by atoms with Crippen LogP contribution in [0.25, 0.3) is 0 Å². The van der Waals surface area contributed by atoms with Crippen molar-refractivity contribution in [2.75, 3.05) is 0 Å². The van der Waals surface area contributed by atoms with Crippen molar-refractivity contribution in [3.63, 3.8) is 0 Å². The van der Waals surface area contributed by atoms with Crippen LogP contribution in [-0.2, 0) is 10.2 Å². The molecule has 0 aliphatic carbocycles. The van der Waals surface area contributed by atoms with Gasteiger partial charge in [0.05, 0.1) is 0 Å². The van der Waals surface area contributed by atoms with E-state index in [4.69, 9.17) is 0 Å². The van der Waals surface area contributed by atoms with E-state index in [1.807, 2.05) is 24.3 Å². The Kier molecular flexibility index (Phi) is 11.3. The van der Waals surface area contributed by atoms with Crippen LogP contribution in [0.2, 0.25) is 0 Å². The summed E-state index contributed by atoms with van der Waals surface area (Å²) >= 11 is 0. The summed E-state index contributed by atoms with van der Waals surface area (Å²) in [5, 5.41) is 19.4. The van der Waals surface area contributed by atoms with Crippen molar-refractivity contribution in [3.8, 4) is 11.5 Å². The first-order chi connectivity index (χ1) is 15.5. The molecular formula is C29H42O3. The Hall–Kier alpha value is -2.29. The molecule has 2 N–H and O–H groups in total. The van der Waals surface area contributed by atoms with Crippen molar-refractivity contribution in [3.05, 3.63) is 59.7 Å². The van der Waals surface area contributed by atoms with Crippen molar-refractivity contribution in [2.45, 2.75) is 103 Å². The number of hydrogen-bond donors (Lipinski definition) is 2. The van der Waals surface area contributed by atoms with E-state index < -0.39 is 0 Å². The molecule has 0 unspecified atom stereocenters. The average molecular weight is 439 g/mol. The summed E-state index contributed by atoms with van der Waals surface area (Å²) in [6.45, 7) is 4.46. The molecule has 0 saturated carbocycles. The van der Waals surface area contributed by atoms with Gasteiger partial charge in [-0.25, -0.2) is 0 Å². The van der Waals surface area contributed by atoms with Gasteiger partial charge in [0, 0.05) is 18.3 Å². The number of phenols is 2. The van der Waals surface area contributed by atoms with Gasteiger partial charge in [0.25, 0.3) is 0 Å². The van der Waals surface area contributed by atoms with Gasteiger partial charge >= 0.3 is 0 Å². The van der Waals surface area contributed by atoms with Crippen molar-refractivity contribution in [1.29, 1.82) is 0 Å². The van der Waals surface area contributed by atoms with Crippen LogP contribution >= 0.6 is 0 Å². The van der Waals surface area contributed by atoms with Crippen LogP contribution < -0.4 is 0 Å². The van der Waals surface area contributed by atoms with Crippen molar-refractivity contribution in [2.24, 2.45) is 0 Å². The van der Waals surface area contributed by atoms with Gasteiger partial charge in [-0.1, -0.05) is 89.5 Å². The third-order valence-electron chi connectivity index (χ3n) is 6.70. The monoisotopic (exact) mass is 438 g/mol. The maximum atomic E-state index is 12.1. The molecule has 2 aromatic carbocycles. The lowest BCUT2D eigenvalue weighted by Crippen LogP contribution is -2.23. The summed E-state index contributed by atoms with van der Waals surface area (Å²) in [4.78, 5) is 12.1. The van der Waals surface area contributed by atoms with Gasteiger partial charge in [-0.05, 0) is 54.7 Å². The van der Waals surface area contributed by atoms with Crippen LogP contribution in [0, 0.1) is 0 Å². The summed E-state index contributed by atoms with van der Waals surface area (Å²) < 4.78 is 0. The number of unbranched alkanes of at least 4 members (excludes halogenated alkanes) is 8. The molecule has 0 aromatic heterocycles. The lowest BCUT2D eigenvalue weighted by molar-refractivity contribution is -0.119. The number of benzene rings is 2. The van der Waals surface area contributed by atoms with E-state index in [0.29, 0.717) is 5.78 Å². The van der Waals surface area contributed by atoms with E-state index in [2.05, 4.69) is 13.8 Å². The molecule has 0 radical (unpaired) electrons. The van der Waals surface area contributed by atoms with Crippen LogP contribution in [0.1, 0.15) is 108 Å². The first kappa shape index (κ1) is 26.0. The predicted octanol–water partition coefficient (Wildman–Crippen LogP) is 8.06. The Morgan fingerprint density at radius 1 is 0.656 bits per heavy atom. The molecule has 0 heterocycles. The minimum Gasteiger partial charge on any atom is -0.508 e. The zero-order valence-electron chi connectivity index (χ0n) is 20.1. The van der Waals surface area contributed by atoms with Gasteiger partial charge < -0.3 is 10.2 Å². The number of hydrogen-bond acceptors (Lipinski definition) is 3. The zero-order chi connectivity index (χ0) is 23.2. The van der Waals surface area contributed by atoms with Crippen molar-refractivity contribution in [1.82, 2.24) is 0 Å². The predicted molar refractivity (Wildman–Crippen MR) is 133 cm³/mol. The lowest BCUT2D eigenvalue weighted by atomic mass is 9.72. The molecular weight excluding hydrogens is 396 g/mol. The lowest BCUT2D eigenvalue weighted by Gasteiger charge is -2.31. The van der Waals surface area contributed by atoms with E-state index in [1.165, 1.54) is 32.1 Å². The third kappa shape index (κ3) is 8.68. The standard InChI is InChI=1S/C29H42O3/c1-3-4-5-6-7-10-13-26(30)14-11-8-9-12-23-29(2,24-15-19-27(31)20-16-24)25-17-21-28(32)22-18-25/h15-22,31-32H,3-14,23H2,1-2H3. The van der Waals surface area contributed by atoms with E-state index in [1.54, 1.807) is 24.3 Å². The number of phenolic OH excluding ortho intramolecular Hbond substituents is 2. The minimum atomic E-state index is -0.186. The molecule has 0 amide bonds. The van der Waals surface area contributed by atoms with Crippen LogP contribution in [-0.4, -0.2) is 16.0 Å². The van der Waals surface area contributed by atoms with Crippen molar-refractivity contribution >= 4 is 5.78 Å². The van der Waals surface area contributed by atoms with Crippen LogP contribution in [0.15, 0.2) is 48.5 Å². The first-order valence-corrected chi connectivity index (χ1v) is 12.6. The molecule has 0 aliphatic rings. The second kappa shape index (κ2) is 14.0. The van der Waals surface area contributed by atoms with Gasteiger partial charge in [0.15, 0.2) is 0 Å². The van der Waals surface area contributed by atoms with Crippen LogP contribution in [0.3, 0.4) is 0 Å². The molecule has 176 valence electrons. The number of rotatable bonds is 16. The van der Waals surface area contributed by atoms with Crippen LogP contribution in [0.4, 0.5) is 0 Å². The fraction of sp³-hybridized carbons (Fsp3) is 0.552. The molecule has 0 saturated heterocycles. The minimum absolute atomic E-state index is 0.186. The summed E-state index contributed by atoms with van der Waals surface area (Å²) in [5.41, 5.74) is 2.14. The maximum Gasteiger partial charge on any atom is 0.132 e. The SMILES string of the molecule is CCCCCCCCC(=O)CCCCCCC(C)(c1ccc(O)cc1)c1ccc(O)cc1. The second-order valence-corrected chi connectivity index (χ2v) is 9.40. The maximum absolute atomic E-state index is 12.1. The highest BCUT2D eigenvalue weighted by Gasteiger charge is 2.28. The Labute approximate surface area is 194 Å². The Bertz CT molecular complexity index is 732. The second-order valence-electron chi connectivity index (χ2n) is 9.40. The third-order valence-corrected chi connectivity index (χ3v) is 6.70. The molecule has 0 fully saturated rings. The molecule has 0 bridgehead atoms. The Balaban J connectivity index is 1.76. The number of Topliss-reactive ketones (excluding diaryl/α,β-unsaturated/α-hetero) is 1. The van der Waals surface area contributed by atoms with E-state index >= 15 is 0 Å². The van der Waals surface area contributed by atoms with Gasteiger partial charge in [-0.2, -0.15) is 0 Å². The summed E-state index contributed by atoms with van der Waals surface area (Å²) in [6, 6.07) is 14.9. The van der Waals surface area contributed by atoms with E-state index in [-0.39, 0.29) is 16.9 Å². The number of carbonyl (C=O) groups excluding carboxylic acids is 1. The van der Waals surface area contributed by atoms with Gasteiger partial charge in [0.1, 0.15) is 17.3 Å². The highest BCUT2D eigenvalue weighted by atomic mass is 16.3. The van der Waals surface area contributed by atoms with Crippen LogP contribution in [0.5, 0.6) is 11.5 Å². The summed E-state index contributed by atoms with van der Waals surface area (Å²) in [5.74, 6) is 0.971. The fourth-order valence-corrected chi connectivity index (χ4v) is 4.50. The highest BCUT2D eigenvalue weighted by molar-refractivity contribution is 5.78. The topological polar surface area (TPSA) is 57.5 Å². The normalized spacial score (nSPS) is 11.6. The molecule has 3 heteroatoms. The van der Waals surface area contributed by atoms with Gasteiger partial charge in [-0.15, -0.1) is 0 Å². The smallest absolute Gasteiger partial charge is 0.132 e. The number of aromatic hydroxyl groups is 2. The number of ketones is 1. The van der Waals surface area contributed by atoms with Crippen molar-refractivity contribution < 1.29 is 15.0 Å². The zero-order valence-corrected chi connectivity index (χ0v) is 20.1. The molecule has 2 aromatic rings. The van der Waals surface area contributed by atoms with Gasteiger partial charge in [-0.3, -0.25) is 4.79 Å². The summed E-state index contributed by atoms with van der Waals surface area (Å²) in [6.07, 6.45) is 14.1. The fourth-order valence-electron chi connectivity index (χ4n) is 4.50. The highest BCUT2D eigenvalue weighted by Crippen LogP contribution is 2.38. The molecule has 0 atom stereocenters. The van der Waals surface area contributed by atoms with E-state index in [9.17, 15) is 15.0 Å². The van der Waals surface area contributed by atoms with E-state index in [0.717, 1.165) is 62.5 Å². The van der Waals surface area contributed by atoms with Gasteiger partial charge in [0.2, 0.25) is 0 Å². The average Bonchev–Trinajstić information content (AvgIpc) is 2.79. The Morgan fingerprint density at radius 3 is 1.53 bits per heavy atom.